The Kier molecular flexibility index (Phi) is 14.2. The van der Waals surface area contributed by atoms with Crippen molar-refractivity contribution in [3.05, 3.63) is 102 Å². The van der Waals surface area contributed by atoms with Crippen molar-refractivity contribution in [3.63, 3.8) is 0 Å². The molecular weight excluding hydrogens is 807 g/mol. The van der Waals surface area contributed by atoms with Crippen molar-refractivity contribution >= 4 is 27.5 Å². The number of furan rings is 1. The van der Waals surface area contributed by atoms with Crippen molar-refractivity contribution in [2.75, 3.05) is 0 Å². The van der Waals surface area contributed by atoms with Crippen LogP contribution >= 0.6 is 0 Å². The Morgan fingerprint density at radius 3 is 2.12 bits per heavy atom. The molecule has 0 fully saturated rings. The van der Waals surface area contributed by atoms with Crippen LogP contribution in [-0.2, 0) is 36.7 Å². The Morgan fingerprint density at radius 1 is 0.863 bits per heavy atom. The first-order valence-corrected chi connectivity index (χ1v) is 18.5. The molecule has 0 aliphatic carbocycles. The first-order chi connectivity index (χ1) is 23.6. The first kappa shape index (κ1) is 41.9. The average Bonchev–Trinajstić information content (AvgIpc) is 3.53. The fourth-order valence-corrected chi connectivity index (χ4v) is 6.24. The molecule has 275 valence electrons. The number of pyridine rings is 1. The molecular formula is C46H58IrNO3-. The predicted molar refractivity (Wildman–Crippen MR) is 212 cm³/mol. The number of aliphatic hydroxyl groups excluding tert-OH is 1. The molecule has 3 aromatic carbocycles. The summed E-state index contributed by atoms with van der Waals surface area (Å²) in [6.07, 6.45) is 7.69. The Labute approximate surface area is 320 Å². The molecule has 0 saturated carbocycles. The number of hydrogen-bond donors (Lipinski definition) is 1. The third-order valence-corrected chi connectivity index (χ3v) is 10.7. The number of aromatic nitrogens is 1. The van der Waals surface area contributed by atoms with E-state index in [0.29, 0.717) is 5.92 Å². The van der Waals surface area contributed by atoms with E-state index < -0.39 is 0 Å². The summed E-state index contributed by atoms with van der Waals surface area (Å²) < 4.78 is 6.22. The van der Waals surface area contributed by atoms with Crippen LogP contribution in [0.5, 0.6) is 0 Å². The van der Waals surface area contributed by atoms with Crippen LogP contribution in [0.15, 0.2) is 89.2 Å². The second-order valence-corrected chi connectivity index (χ2v) is 15.8. The van der Waals surface area contributed by atoms with Gasteiger partial charge in [0.15, 0.2) is 5.78 Å². The van der Waals surface area contributed by atoms with Gasteiger partial charge in [-0.3, -0.25) is 9.78 Å². The number of carbonyl (C=O) groups excluding carboxylic acids is 1. The Morgan fingerprint density at radius 2 is 1.51 bits per heavy atom. The van der Waals surface area contributed by atoms with Gasteiger partial charge < -0.3 is 9.52 Å². The van der Waals surface area contributed by atoms with Crippen LogP contribution < -0.4 is 0 Å². The number of nitrogens with zero attached hydrogens (tertiary/aromatic N) is 1. The van der Waals surface area contributed by atoms with E-state index in [0.717, 1.165) is 71.0 Å². The Hall–Kier alpha value is -3.53. The van der Waals surface area contributed by atoms with E-state index >= 15 is 0 Å². The Bertz CT molecular complexity index is 1950. The maximum atomic E-state index is 12.2. The monoisotopic (exact) mass is 865 g/mol. The van der Waals surface area contributed by atoms with Crippen molar-refractivity contribution in [1.29, 1.82) is 0 Å². The van der Waals surface area contributed by atoms with E-state index in [1.807, 2.05) is 53.8 Å². The molecule has 2 aromatic heterocycles. The summed E-state index contributed by atoms with van der Waals surface area (Å²) in [5.41, 5.74) is 5.94. The number of benzene rings is 3. The largest absolute Gasteiger partial charge is 0.512 e. The molecule has 0 aliphatic heterocycles. The van der Waals surface area contributed by atoms with Gasteiger partial charge in [0.2, 0.25) is 0 Å². The molecule has 1 radical (unpaired) electrons. The molecule has 1 N–H and O–H groups in total. The van der Waals surface area contributed by atoms with Crippen molar-refractivity contribution < 1.29 is 34.4 Å². The van der Waals surface area contributed by atoms with Crippen molar-refractivity contribution in [2.24, 2.45) is 16.7 Å². The zero-order valence-electron chi connectivity index (χ0n) is 32.7. The van der Waals surface area contributed by atoms with Gasteiger partial charge in [-0.15, -0.1) is 29.1 Å². The average molecular weight is 865 g/mol. The SMILES string of the molecule is CC(C)Cc1ccc2oc(-c3ccnc(-c4[c-]c5ccccc5c(C(C)(C)C)c4)c3)cc2c1.CCC(C)(CC)C(=O)/C=C(\O)C(C)(CC)CC.[Ir]. The number of aliphatic hydroxyl groups is 1. The molecule has 5 heteroatoms. The molecule has 5 aromatic rings. The van der Waals surface area contributed by atoms with E-state index in [9.17, 15) is 9.90 Å². The standard InChI is InChI=1S/C31H30NO.C15H28O2.Ir/c1-20(2)14-21-10-11-29-25(15-21)19-30(33-29)23-12-13-32-28(18-23)24-16-22-8-6-7-9-26(22)27(17-24)31(3,4)5;1-7-14(5,8-2)12(16)11-13(17)15(6,9-3)10-4;/h6-13,15,17-20H,14H2,1-5H3;11,16H,7-10H2,1-6H3;/q-1;;/b;12-11-;. The summed E-state index contributed by atoms with van der Waals surface area (Å²) in [7, 11) is 0. The topological polar surface area (TPSA) is 63.3 Å². The minimum Gasteiger partial charge on any atom is -0.512 e. The maximum absolute atomic E-state index is 12.2. The minimum absolute atomic E-state index is 0. The fourth-order valence-electron chi connectivity index (χ4n) is 6.24. The third-order valence-electron chi connectivity index (χ3n) is 10.7. The molecule has 0 unspecified atom stereocenters. The van der Waals surface area contributed by atoms with Crippen molar-refractivity contribution in [1.82, 2.24) is 4.98 Å². The van der Waals surface area contributed by atoms with Gasteiger partial charge in [-0.2, -0.15) is 0 Å². The zero-order valence-corrected chi connectivity index (χ0v) is 35.1. The molecule has 4 nitrogen and oxygen atoms in total. The second kappa shape index (κ2) is 17.3. The van der Waals surface area contributed by atoms with E-state index in [-0.39, 0.29) is 47.9 Å². The van der Waals surface area contributed by atoms with Crippen LogP contribution in [0, 0.1) is 22.8 Å². The number of allylic oxidation sites excluding steroid dienone is 2. The zero-order chi connectivity index (χ0) is 36.9. The van der Waals surface area contributed by atoms with Crippen LogP contribution in [-0.4, -0.2) is 15.9 Å². The van der Waals surface area contributed by atoms with Gasteiger partial charge in [-0.25, -0.2) is 0 Å². The second-order valence-electron chi connectivity index (χ2n) is 15.8. The molecule has 0 atom stereocenters. The van der Waals surface area contributed by atoms with Crippen molar-refractivity contribution in [2.45, 2.75) is 114 Å². The first-order valence-electron chi connectivity index (χ1n) is 18.5. The number of fused-ring (bicyclic) bond motifs is 2. The van der Waals surface area contributed by atoms with E-state index in [1.165, 1.54) is 22.6 Å². The molecule has 5 rings (SSSR count). The Balaban J connectivity index is 0.000000335. The molecule has 0 saturated heterocycles. The number of hydrogen-bond acceptors (Lipinski definition) is 4. The van der Waals surface area contributed by atoms with E-state index in [4.69, 9.17) is 9.40 Å². The van der Waals surface area contributed by atoms with Crippen LogP contribution in [0.25, 0.3) is 44.3 Å². The predicted octanol–water partition coefficient (Wildman–Crippen LogP) is 13.3. The number of carbonyl (C=O) groups is 1. The van der Waals surface area contributed by atoms with Gasteiger partial charge in [0, 0.05) is 59.9 Å². The summed E-state index contributed by atoms with van der Waals surface area (Å²) in [5, 5.41) is 13.6. The van der Waals surface area contributed by atoms with Crippen LogP contribution in [0.1, 0.15) is 113 Å². The normalized spacial score (nSPS) is 12.5. The van der Waals surface area contributed by atoms with E-state index in [2.05, 4.69) is 101 Å². The van der Waals surface area contributed by atoms with Crippen LogP contribution in [0.4, 0.5) is 0 Å². The summed E-state index contributed by atoms with van der Waals surface area (Å²) >= 11 is 0. The van der Waals surface area contributed by atoms with Crippen molar-refractivity contribution in [3.8, 4) is 22.6 Å². The fraction of sp³-hybridized carbons (Fsp3) is 0.435. The van der Waals surface area contributed by atoms with Gasteiger partial charge in [-0.05, 0) is 73.3 Å². The molecule has 0 spiro atoms. The van der Waals surface area contributed by atoms with Crippen LogP contribution in [0.3, 0.4) is 0 Å². The minimum atomic E-state index is -0.337. The summed E-state index contributed by atoms with van der Waals surface area (Å²) in [4.78, 5) is 16.9. The smallest absolute Gasteiger partial charge is 0.164 e. The van der Waals surface area contributed by atoms with Gasteiger partial charge >= 0.3 is 0 Å². The maximum Gasteiger partial charge on any atom is 0.164 e. The number of rotatable bonds is 11. The molecule has 0 aliphatic rings. The van der Waals surface area contributed by atoms with Gasteiger partial charge in [-0.1, -0.05) is 117 Å². The summed E-state index contributed by atoms with van der Waals surface area (Å²) in [5.74, 6) is 1.79. The number of ketones is 1. The molecule has 0 bridgehead atoms. The molecule has 2 heterocycles. The summed E-state index contributed by atoms with van der Waals surface area (Å²) in [6.45, 7) is 23.3. The van der Waals surface area contributed by atoms with Gasteiger partial charge in [0.25, 0.3) is 0 Å². The van der Waals surface area contributed by atoms with Crippen LogP contribution in [0.2, 0.25) is 0 Å². The molecule has 0 amide bonds. The van der Waals surface area contributed by atoms with E-state index in [1.54, 1.807) is 0 Å². The summed E-state index contributed by atoms with van der Waals surface area (Å²) in [6, 6.07) is 27.1. The van der Waals surface area contributed by atoms with Gasteiger partial charge in [0.1, 0.15) is 17.1 Å². The van der Waals surface area contributed by atoms with Gasteiger partial charge in [0.05, 0.1) is 0 Å². The third kappa shape index (κ3) is 9.87. The quantitative estimate of drug-likeness (QED) is 0.0816. The molecule has 51 heavy (non-hydrogen) atoms.